The van der Waals surface area contributed by atoms with Gasteiger partial charge in [0.05, 0.1) is 28.5 Å². The highest BCUT2D eigenvalue weighted by atomic mass is 19.1. The standard InChI is InChI=1S/C21H16FN5O/c1-11-25-18-5-4-16(9-19(18)26-11)27-21(23)17(10-24-27)20(28)14-6-12-2-3-15(22)8-13(12)7-14/h2-6,8-10H,7,23H2,1H3,(H,25,26). The maximum Gasteiger partial charge on any atom is 0.194 e. The van der Waals surface area contributed by atoms with E-state index in [9.17, 15) is 9.18 Å². The van der Waals surface area contributed by atoms with Gasteiger partial charge in [-0.15, -0.1) is 0 Å². The number of H-pyrrole nitrogens is 1. The smallest absolute Gasteiger partial charge is 0.194 e. The fourth-order valence-electron chi connectivity index (χ4n) is 3.63. The number of allylic oxidation sites excluding steroid dienone is 1. The van der Waals surface area contributed by atoms with Gasteiger partial charge in [0.1, 0.15) is 17.5 Å². The Bertz CT molecular complexity index is 1300. The normalized spacial score (nSPS) is 13.0. The lowest BCUT2D eigenvalue weighted by molar-refractivity contribution is 0.103. The van der Waals surface area contributed by atoms with Crippen molar-refractivity contribution < 1.29 is 9.18 Å². The number of Topliss-reactive ketones (excluding diaryl/α,β-unsaturated/α-hetero) is 1. The summed E-state index contributed by atoms with van der Waals surface area (Å²) in [6, 6.07) is 10.2. The minimum Gasteiger partial charge on any atom is -0.383 e. The molecule has 0 fully saturated rings. The number of aromatic amines is 1. The van der Waals surface area contributed by atoms with Crippen LogP contribution in [0.2, 0.25) is 0 Å². The van der Waals surface area contributed by atoms with Crippen LogP contribution >= 0.6 is 0 Å². The fraction of sp³-hybridized carbons (Fsp3) is 0.0952. The van der Waals surface area contributed by atoms with Crippen molar-refractivity contribution >= 4 is 28.7 Å². The molecule has 0 radical (unpaired) electrons. The number of hydrogen-bond acceptors (Lipinski definition) is 4. The summed E-state index contributed by atoms with van der Waals surface area (Å²) in [5, 5.41) is 4.30. The van der Waals surface area contributed by atoms with Crippen LogP contribution in [0.4, 0.5) is 10.2 Å². The number of carbonyl (C=O) groups is 1. The van der Waals surface area contributed by atoms with E-state index in [1.165, 1.54) is 23.0 Å². The number of anilines is 1. The van der Waals surface area contributed by atoms with Gasteiger partial charge in [0.25, 0.3) is 0 Å². The van der Waals surface area contributed by atoms with E-state index in [0.29, 0.717) is 17.6 Å². The molecule has 2 aromatic heterocycles. The molecule has 0 saturated carbocycles. The van der Waals surface area contributed by atoms with Crippen LogP contribution in [0.3, 0.4) is 0 Å². The zero-order valence-electron chi connectivity index (χ0n) is 15.0. The largest absolute Gasteiger partial charge is 0.383 e. The van der Waals surface area contributed by atoms with Gasteiger partial charge in [-0.2, -0.15) is 5.10 Å². The Labute approximate surface area is 159 Å². The molecule has 0 atom stereocenters. The second-order valence-electron chi connectivity index (χ2n) is 6.90. The molecule has 3 N–H and O–H groups in total. The van der Waals surface area contributed by atoms with Crippen LogP contribution in [0.1, 0.15) is 27.3 Å². The van der Waals surface area contributed by atoms with Crippen LogP contribution < -0.4 is 5.73 Å². The topological polar surface area (TPSA) is 89.6 Å². The molecular formula is C21H16FN5O. The Morgan fingerprint density at radius 1 is 1.25 bits per heavy atom. The quantitative estimate of drug-likeness (QED) is 0.537. The van der Waals surface area contributed by atoms with Crippen LogP contribution in [0.5, 0.6) is 0 Å². The van der Waals surface area contributed by atoms with Crippen LogP contribution in [0.15, 0.2) is 48.2 Å². The van der Waals surface area contributed by atoms with Gasteiger partial charge in [-0.25, -0.2) is 14.1 Å². The molecule has 4 aromatic rings. The number of nitrogens with one attached hydrogen (secondary N) is 1. The Balaban J connectivity index is 1.49. The van der Waals surface area contributed by atoms with Gasteiger partial charge in [0.2, 0.25) is 0 Å². The number of aromatic nitrogens is 4. The molecular weight excluding hydrogens is 357 g/mol. The van der Waals surface area contributed by atoms with E-state index in [1.807, 2.05) is 25.1 Å². The van der Waals surface area contributed by atoms with Gasteiger partial charge in [-0.05, 0) is 54.5 Å². The molecule has 5 rings (SSSR count). The van der Waals surface area contributed by atoms with Gasteiger partial charge in [-0.3, -0.25) is 4.79 Å². The molecule has 6 nitrogen and oxygen atoms in total. The van der Waals surface area contributed by atoms with E-state index >= 15 is 0 Å². The Morgan fingerprint density at radius 3 is 2.96 bits per heavy atom. The Kier molecular flexibility index (Phi) is 3.45. The molecule has 0 bridgehead atoms. The van der Waals surface area contributed by atoms with Gasteiger partial charge in [-0.1, -0.05) is 6.07 Å². The number of imidazole rings is 1. The number of nitrogens with zero attached hydrogens (tertiary/aromatic N) is 3. The summed E-state index contributed by atoms with van der Waals surface area (Å²) in [5.41, 5.74) is 11.3. The third-order valence-corrected chi connectivity index (χ3v) is 4.99. The lowest BCUT2D eigenvalue weighted by Crippen LogP contribution is -2.08. The van der Waals surface area contributed by atoms with Gasteiger partial charge < -0.3 is 10.7 Å². The summed E-state index contributed by atoms with van der Waals surface area (Å²) in [5.74, 6) is 0.584. The van der Waals surface area contributed by atoms with Crippen molar-refractivity contribution in [3.63, 3.8) is 0 Å². The van der Waals surface area contributed by atoms with Crippen LogP contribution in [0.25, 0.3) is 22.8 Å². The SMILES string of the molecule is Cc1nc2ccc(-n3ncc(C(=O)C4=Cc5ccc(F)cc5C4)c3N)cc2[nH]1. The number of carbonyl (C=O) groups excluding carboxylic acids is 1. The first-order valence-corrected chi connectivity index (χ1v) is 8.83. The van der Waals surface area contributed by atoms with Crippen molar-refractivity contribution in [2.45, 2.75) is 13.3 Å². The van der Waals surface area contributed by atoms with Crippen molar-refractivity contribution in [1.82, 2.24) is 19.7 Å². The molecule has 1 aliphatic rings. The van der Waals surface area contributed by atoms with Crippen LogP contribution in [-0.4, -0.2) is 25.5 Å². The Hall–Kier alpha value is -3.74. The van der Waals surface area contributed by atoms with Gasteiger partial charge >= 0.3 is 0 Å². The second kappa shape index (κ2) is 5.88. The van der Waals surface area contributed by atoms with E-state index in [4.69, 9.17) is 5.73 Å². The zero-order chi connectivity index (χ0) is 19.4. The predicted molar refractivity (Wildman–Crippen MR) is 105 cm³/mol. The average molecular weight is 373 g/mol. The zero-order valence-corrected chi connectivity index (χ0v) is 15.0. The van der Waals surface area contributed by atoms with Crippen molar-refractivity contribution in [1.29, 1.82) is 0 Å². The number of ketones is 1. The lowest BCUT2D eigenvalue weighted by Gasteiger charge is -2.05. The minimum absolute atomic E-state index is 0.196. The number of benzene rings is 2. The molecule has 0 spiro atoms. The van der Waals surface area contributed by atoms with E-state index < -0.39 is 0 Å². The molecule has 7 heteroatoms. The number of fused-ring (bicyclic) bond motifs is 2. The van der Waals surface area contributed by atoms with Gasteiger partial charge in [0.15, 0.2) is 5.78 Å². The van der Waals surface area contributed by atoms with E-state index in [2.05, 4.69) is 15.1 Å². The Morgan fingerprint density at radius 2 is 2.11 bits per heavy atom. The highest BCUT2D eigenvalue weighted by Crippen LogP contribution is 2.30. The summed E-state index contributed by atoms with van der Waals surface area (Å²) in [6.07, 6.45) is 3.65. The number of aryl methyl sites for hydroxylation is 1. The van der Waals surface area contributed by atoms with Crippen molar-refractivity contribution in [3.05, 3.63) is 76.5 Å². The highest BCUT2D eigenvalue weighted by molar-refractivity contribution is 6.15. The van der Waals surface area contributed by atoms with Crippen molar-refractivity contribution in [3.8, 4) is 5.69 Å². The number of rotatable bonds is 3. The minimum atomic E-state index is -0.308. The first-order valence-electron chi connectivity index (χ1n) is 8.83. The van der Waals surface area contributed by atoms with E-state index in [1.54, 1.807) is 12.1 Å². The summed E-state index contributed by atoms with van der Waals surface area (Å²) < 4.78 is 15.0. The van der Waals surface area contributed by atoms with Crippen molar-refractivity contribution in [2.75, 3.05) is 5.73 Å². The summed E-state index contributed by atoms with van der Waals surface area (Å²) in [6.45, 7) is 1.89. The number of hydrogen-bond donors (Lipinski definition) is 2. The first kappa shape index (κ1) is 16.4. The molecule has 28 heavy (non-hydrogen) atoms. The molecule has 0 unspecified atom stereocenters. The number of nitrogens with two attached hydrogens (primary N) is 1. The van der Waals surface area contributed by atoms with Crippen LogP contribution in [-0.2, 0) is 6.42 Å². The van der Waals surface area contributed by atoms with E-state index in [0.717, 1.165) is 33.7 Å². The lowest BCUT2D eigenvalue weighted by atomic mass is 10.0. The molecule has 2 heterocycles. The summed E-state index contributed by atoms with van der Waals surface area (Å²) >= 11 is 0. The fourth-order valence-corrected chi connectivity index (χ4v) is 3.63. The number of halogens is 1. The van der Waals surface area contributed by atoms with Crippen molar-refractivity contribution in [2.24, 2.45) is 0 Å². The molecule has 138 valence electrons. The summed E-state index contributed by atoms with van der Waals surface area (Å²) in [4.78, 5) is 20.5. The second-order valence-corrected chi connectivity index (χ2v) is 6.90. The predicted octanol–water partition coefficient (Wildman–Crippen LogP) is 3.60. The van der Waals surface area contributed by atoms with E-state index in [-0.39, 0.29) is 17.4 Å². The third-order valence-electron chi connectivity index (χ3n) is 4.99. The molecule has 1 aliphatic carbocycles. The number of nitrogen functional groups attached to an aromatic ring is 1. The highest BCUT2D eigenvalue weighted by Gasteiger charge is 2.24. The molecule has 2 aromatic carbocycles. The monoisotopic (exact) mass is 373 g/mol. The molecule has 0 aliphatic heterocycles. The first-order chi connectivity index (χ1) is 13.5. The maximum atomic E-state index is 13.4. The molecule has 0 saturated heterocycles. The maximum absolute atomic E-state index is 13.4. The summed E-state index contributed by atoms with van der Waals surface area (Å²) in [7, 11) is 0. The van der Waals surface area contributed by atoms with Gasteiger partial charge in [0, 0.05) is 12.0 Å². The molecule has 0 amide bonds. The van der Waals surface area contributed by atoms with Crippen LogP contribution in [0, 0.1) is 12.7 Å². The third kappa shape index (κ3) is 2.51. The average Bonchev–Trinajstić information content (AvgIpc) is 3.35.